The molecule has 2 rings (SSSR count). The van der Waals surface area contributed by atoms with Gasteiger partial charge in [0.25, 0.3) is 0 Å². The molecule has 2 aromatic carbocycles. The van der Waals surface area contributed by atoms with Crippen LogP contribution in [-0.2, 0) is 4.79 Å². The van der Waals surface area contributed by atoms with Crippen molar-refractivity contribution in [3.8, 4) is 0 Å². The van der Waals surface area contributed by atoms with E-state index in [1.807, 2.05) is 6.92 Å². The minimum absolute atomic E-state index is 0.0818. The number of allylic oxidation sites excluding steroid dienone is 2. The molecule has 2 nitrogen and oxygen atoms in total. The van der Waals surface area contributed by atoms with Crippen LogP contribution < -0.4 is 15.9 Å². The summed E-state index contributed by atoms with van der Waals surface area (Å²) in [6, 6.07) is 21.3. The zero-order chi connectivity index (χ0) is 15.8. The molecule has 22 heavy (non-hydrogen) atoms. The van der Waals surface area contributed by atoms with Crippen LogP contribution in [0.15, 0.2) is 72.4 Å². The van der Waals surface area contributed by atoms with Gasteiger partial charge >= 0.3 is 0 Å². The monoisotopic (exact) mass is 311 g/mol. The SMILES string of the molecule is CC(=O)/C=C(/C)NCCP(c1ccccc1)c1ccccc1. The third kappa shape index (κ3) is 5.13. The van der Waals surface area contributed by atoms with Crippen molar-refractivity contribution in [1.29, 1.82) is 0 Å². The average molecular weight is 311 g/mol. The molecule has 0 saturated heterocycles. The normalized spacial score (nSPS) is 11.5. The highest BCUT2D eigenvalue weighted by Gasteiger charge is 2.12. The number of ketones is 1. The van der Waals surface area contributed by atoms with Crippen LogP contribution in [0.25, 0.3) is 0 Å². The molecule has 0 fully saturated rings. The van der Waals surface area contributed by atoms with Gasteiger partial charge in [0.2, 0.25) is 0 Å². The highest BCUT2D eigenvalue weighted by atomic mass is 31.1. The Bertz CT molecular complexity index is 583. The highest BCUT2D eigenvalue weighted by Crippen LogP contribution is 2.32. The van der Waals surface area contributed by atoms with E-state index >= 15 is 0 Å². The Balaban J connectivity index is 2.08. The van der Waals surface area contributed by atoms with Gasteiger partial charge < -0.3 is 5.32 Å². The molecular weight excluding hydrogens is 289 g/mol. The van der Waals surface area contributed by atoms with E-state index in [4.69, 9.17) is 0 Å². The van der Waals surface area contributed by atoms with Crippen LogP contribution in [0.5, 0.6) is 0 Å². The Morgan fingerprint density at radius 3 is 1.91 bits per heavy atom. The summed E-state index contributed by atoms with van der Waals surface area (Å²) in [6.45, 7) is 4.38. The van der Waals surface area contributed by atoms with Gasteiger partial charge in [0, 0.05) is 12.2 Å². The Labute approximate surface area is 134 Å². The van der Waals surface area contributed by atoms with E-state index in [0.717, 1.165) is 18.4 Å². The first-order valence-electron chi connectivity index (χ1n) is 7.47. The lowest BCUT2D eigenvalue weighted by Gasteiger charge is -2.19. The fourth-order valence-corrected chi connectivity index (χ4v) is 4.56. The summed E-state index contributed by atoms with van der Waals surface area (Å²) in [7, 11) is -0.377. The van der Waals surface area contributed by atoms with Gasteiger partial charge in [-0.25, -0.2) is 0 Å². The number of nitrogens with one attached hydrogen (secondary N) is 1. The smallest absolute Gasteiger partial charge is 0.154 e. The maximum absolute atomic E-state index is 11.1. The lowest BCUT2D eigenvalue weighted by molar-refractivity contribution is -0.112. The van der Waals surface area contributed by atoms with Crippen LogP contribution in [0.4, 0.5) is 0 Å². The standard InChI is InChI=1S/C19H22NOP/c1-16(15-17(2)21)20-13-14-22(18-9-5-3-6-10-18)19-11-7-4-8-12-19/h3-12,15,20H,13-14H2,1-2H3/b16-15-. The maximum atomic E-state index is 11.1. The van der Waals surface area contributed by atoms with E-state index in [2.05, 4.69) is 66.0 Å². The van der Waals surface area contributed by atoms with Crippen LogP contribution in [-0.4, -0.2) is 18.5 Å². The largest absolute Gasteiger partial charge is 0.388 e. The van der Waals surface area contributed by atoms with E-state index in [1.165, 1.54) is 10.6 Å². The van der Waals surface area contributed by atoms with Gasteiger partial charge in [-0.15, -0.1) is 0 Å². The topological polar surface area (TPSA) is 29.1 Å². The summed E-state index contributed by atoms with van der Waals surface area (Å²) >= 11 is 0. The van der Waals surface area contributed by atoms with Crippen LogP contribution in [0, 0.1) is 0 Å². The van der Waals surface area contributed by atoms with Gasteiger partial charge in [-0.1, -0.05) is 60.7 Å². The molecule has 0 saturated carbocycles. The zero-order valence-electron chi connectivity index (χ0n) is 13.1. The molecule has 2 aromatic rings. The zero-order valence-corrected chi connectivity index (χ0v) is 14.0. The Kier molecular flexibility index (Phi) is 6.36. The molecule has 0 heterocycles. The third-order valence-corrected chi connectivity index (χ3v) is 5.81. The molecule has 0 unspecified atom stereocenters. The summed E-state index contributed by atoms with van der Waals surface area (Å²) in [5.74, 6) is 0.0818. The summed E-state index contributed by atoms with van der Waals surface area (Å²) in [5.41, 5.74) is 0.934. The van der Waals surface area contributed by atoms with Crippen molar-refractivity contribution in [1.82, 2.24) is 5.32 Å². The third-order valence-electron chi connectivity index (χ3n) is 3.29. The number of hydrogen-bond acceptors (Lipinski definition) is 2. The molecule has 0 amide bonds. The van der Waals surface area contributed by atoms with E-state index in [-0.39, 0.29) is 13.7 Å². The van der Waals surface area contributed by atoms with Crippen molar-refractivity contribution in [2.45, 2.75) is 13.8 Å². The first kappa shape index (κ1) is 16.5. The van der Waals surface area contributed by atoms with Crippen molar-refractivity contribution in [3.05, 3.63) is 72.4 Å². The number of rotatable bonds is 7. The second-order valence-corrected chi connectivity index (χ2v) is 7.52. The average Bonchev–Trinajstić information content (AvgIpc) is 2.52. The molecule has 0 aliphatic carbocycles. The van der Waals surface area contributed by atoms with Crippen LogP contribution in [0.1, 0.15) is 13.8 Å². The van der Waals surface area contributed by atoms with Crippen molar-refractivity contribution in [2.75, 3.05) is 12.7 Å². The molecule has 0 atom stereocenters. The van der Waals surface area contributed by atoms with Gasteiger partial charge in [0.1, 0.15) is 0 Å². The molecule has 0 spiro atoms. The van der Waals surface area contributed by atoms with Crippen molar-refractivity contribution in [3.63, 3.8) is 0 Å². The fraction of sp³-hybridized carbons (Fsp3) is 0.211. The molecule has 3 heteroatoms. The molecule has 0 radical (unpaired) electrons. The Morgan fingerprint density at radius 1 is 0.955 bits per heavy atom. The van der Waals surface area contributed by atoms with Crippen molar-refractivity contribution in [2.24, 2.45) is 0 Å². The van der Waals surface area contributed by atoms with Gasteiger partial charge in [-0.2, -0.15) is 0 Å². The van der Waals surface area contributed by atoms with Crippen LogP contribution in [0.2, 0.25) is 0 Å². The van der Waals surface area contributed by atoms with E-state index < -0.39 is 0 Å². The summed E-state index contributed by atoms with van der Waals surface area (Å²) in [4.78, 5) is 11.1. The Hall–Kier alpha value is -1.92. The summed E-state index contributed by atoms with van der Waals surface area (Å²) in [6.07, 6.45) is 2.69. The fourth-order valence-electron chi connectivity index (χ4n) is 2.34. The molecule has 1 N–H and O–H groups in total. The molecule has 0 aliphatic heterocycles. The summed E-state index contributed by atoms with van der Waals surface area (Å²) in [5, 5.41) is 6.12. The number of benzene rings is 2. The lowest BCUT2D eigenvalue weighted by atomic mass is 10.3. The molecule has 0 bridgehead atoms. The van der Waals surface area contributed by atoms with Gasteiger partial charge in [-0.05, 0) is 44.6 Å². The van der Waals surface area contributed by atoms with Crippen molar-refractivity contribution >= 4 is 24.3 Å². The number of carbonyl (C=O) groups is 1. The Morgan fingerprint density at radius 2 is 1.45 bits per heavy atom. The first-order chi connectivity index (χ1) is 10.7. The molecular formula is C19H22NOP. The summed E-state index contributed by atoms with van der Waals surface area (Å²) < 4.78 is 0. The van der Waals surface area contributed by atoms with E-state index in [9.17, 15) is 4.79 Å². The van der Waals surface area contributed by atoms with Gasteiger partial charge in [-0.3, -0.25) is 4.79 Å². The predicted molar refractivity (Wildman–Crippen MR) is 96.4 cm³/mol. The van der Waals surface area contributed by atoms with Gasteiger partial charge in [0.15, 0.2) is 5.78 Å². The van der Waals surface area contributed by atoms with Crippen molar-refractivity contribution < 1.29 is 4.79 Å². The van der Waals surface area contributed by atoms with Gasteiger partial charge in [0.05, 0.1) is 0 Å². The van der Waals surface area contributed by atoms with Crippen LogP contribution in [0.3, 0.4) is 0 Å². The van der Waals surface area contributed by atoms with Crippen LogP contribution >= 0.6 is 7.92 Å². The second-order valence-electron chi connectivity index (χ2n) is 5.19. The van der Waals surface area contributed by atoms with E-state index in [1.54, 1.807) is 13.0 Å². The maximum Gasteiger partial charge on any atom is 0.154 e. The minimum Gasteiger partial charge on any atom is -0.388 e. The first-order valence-corrected chi connectivity index (χ1v) is 9.00. The second kappa shape index (κ2) is 8.51. The molecule has 0 aliphatic rings. The lowest BCUT2D eigenvalue weighted by Crippen LogP contribution is -2.22. The number of hydrogen-bond donors (Lipinski definition) is 1. The molecule has 114 valence electrons. The predicted octanol–water partition coefficient (Wildman–Crippen LogP) is 3.20. The highest BCUT2D eigenvalue weighted by molar-refractivity contribution is 7.73. The van der Waals surface area contributed by atoms with E-state index in [0.29, 0.717) is 0 Å². The minimum atomic E-state index is -0.377. The quantitative estimate of drug-likeness (QED) is 0.628. The number of carbonyl (C=O) groups excluding carboxylic acids is 1. The molecule has 0 aromatic heterocycles.